The lowest BCUT2D eigenvalue weighted by Gasteiger charge is -2.07. The number of fused-ring (bicyclic) bond motifs is 2. The van der Waals surface area contributed by atoms with Crippen molar-refractivity contribution in [2.45, 2.75) is 6.92 Å². The maximum Gasteiger partial charge on any atom is 0.261 e. The second-order valence-corrected chi connectivity index (χ2v) is 5.82. The van der Waals surface area contributed by atoms with Gasteiger partial charge in [0, 0.05) is 14.1 Å². The van der Waals surface area contributed by atoms with Gasteiger partial charge in [-0.25, -0.2) is 9.97 Å². The fourth-order valence-electron chi connectivity index (χ4n) is 2.87. The summed E-state index contributed by atoms with van der Waals surface area (Å²) in [6.45, 7) is 1.83. The van der Waals surface area contributed by atoms with Gasteiger partial charge in [-0.3, -0.25) is 9.36 Å². The molecule has 0 aliphatic carbocycles. The van der Waals surface area contributed by atoms with Gasteiger partial charge < -0.3 is 10.3 Å². The van der Waals surface area contributed by atoms with Gasteiger partial charge in [-0.05, 0) is 42.3 Å². The molecule has 2 aromatic carbocycles. The minimum Gasteiger partial charge on any atom is -0.359 e. The number of H-pyrrole nitrogens is 1. The van der Waals surface area contributed by atoms with Gasteiger partial charge in [-0.1, -0.05) is 12.1 Å². The van der Waals surface area contributed by atoms with E-state index < -0.39 is 0 Å². The Balaban J connectivity index is 1.91. The Morgan fingerprint density at radius 2 is 1.75 bits per heavy atom. The van der Waals surface area contributed by atoms with Crippen LogP contribution in [0, 0.1) is 6.92 Å². The third kappa shape index (κ3) is 2.15. The van der Waals surface area contributed by atoms with E-state index in [0.717, 1.165) is 33.6 Å². The molecule has 0 radical (unpaired) electrons. The second-order valence-electron chi connectivity index (χ2n) is 5.82. The fraction of sp³-hybridized carbons (Fsp3) is 0.167. The summed E-state index contributed by atoms with van der Waals surface area (Å²) in [6.07, 6.45) is 0. The lowest BCUT2D eigenvalue weighted by atomic mass is 10.0. The van der Waals surface area contributed by atoms with Crippen LogP contribution in [0.1, 0.15) is 5.82 Å². The van der Waals surface area contributed by atoms with E-state index in [0.29, 0.717) is 11.2 Å². The molecular formula is C18H17N5O. The maximum atomic E-state index is 12.5. The van der Waals surface area contributed by atoms with E-state index in [2.05, 4.69) is 20.3 Å². The van der Waals surface area contributed by atoms with Gasteiger partial charge in [-0.15, -0.1) is 0 Å². The van der Waals surface area contributed by atoms with Crippen LogP contribution in [0.15, 0.2) is 41.2 Å². The number of aromatic amines is 1. The van der Waals surface area contributed by atoms with E-state index in [1.54, 1.807) is 11.6 Å². The smallest absolute Gasteiger partial charge is 0.261 e. The molecule has 2 aromatic heterocycles. The molecule has 6 nitrogen and oxygen atoms in total. The molecule has 2 heterocycles. The summed E-state index contributed by atoms with van der Waals surface area (Å²) >= 11 is 0. The standard InChI is InChI=1S/C18H17N5O/c1-10-20-14-6-4-11(8-13(14)17(24)23(10)3)12-5-7-15-16(9-12)22-18(19-2)21-15/h4-9H,1-3H3,(H2,19,21,22). The summed E-state index contributed by atoms with van der Waals surface area (Å²) in [5, 5.41) is 3.63. The van der Waals surface area contributed by atoms with Crippen LogP contribution in [0.4, 0.5) is 5.95 Å². The van der Waals surface area contributed by atoms with Crippen molar-refractivity contribution in [2.24, 2.45) is 7.05 Å². The third-order valence-corrected chi connectivity index (χ3v) is 4.35. The SMILES string of the molecule is CNc1nc2ccc(-c3ccc4nc(C)n(C)c(=O)c4c3)cc2[nH]1. The molecule has 2 N–H and O–H groups in total. The van der Waals surface area contributed by atoms with Crippen molar-refractivity contribution in [3.8, 4) is 11.1 Å². The number of hydrogen-bond acceptors (Lipinski definition) is 4. The zero-order valence-electron chi connectivity index (χ0n) is 13.7. The minimum atomic E-state index is -0.0283. The highest BCUT2D eigenvalue weighted by molar-refractivity contribution is 5.87. The zero-order valence-corrected chi connectivity index (χ0v) is 13.7. The van der Waals surface area contributed by atoms with Crippen molar-refractivity contribution in [3.63, 3.8) is 0 Å². The number of rotatable bonds is 2. The largest absolute Gasteiger partial charge is 0.359 e. The molecule has 6 heteroatoms. The molecule has 0 amide bonds. The molecule has 24 heavy (non-hydrogen) atoms. The van der Waals surface area contributed by atoms with Crippen molar-refractivity contribution in [1.82, 2.24) is 19.5 Å². The van der Waals surface area contributed by atoms with Crippen LogP contribution >= 0.6 is 0 Å². The summed E-state index contributed by atoms with van der Waals surface area (Å²) in [6, 6.07) is 11.8. The van der Waals surface area contributed by atoms with Crippen LogP contribution in [0.3, 0.4) is 0 Å². The van der Waals surface area contributed by atoms with Gasteiger partial charge >= 0.3 is 0 Å². The summed E-state index contributed by atoms with van der Waals surface area (Å²) in [4.78, 5) is 24.6. The van der Waals surface area contributed by atoms with E-state index in [1.807, 2.05) is 50.4 Å². The lowest BCUT2D eigenvalue weighted by molar-refractivity contribution is 0.792. The number of benzene rings is 2. The number of imidazole rings is 1. The van der Waals surface area contributed by atoms with Crippen LogP contribution in [0.5, 0.6) is 0 Å². The molecule has 0 aliphatic rings. The normalized spacial score (nSPS) is 11.3. The Morgan fingerprint density at radius 3 is 2.50 bits per heavy atom. The van der Waals surface area contributed by atoms with Crippen LogP contribution < -0.4 is 10.9 Å². The summed E-state index contributed by atoms with van der Waals surface area (Å²) < 4.78 is 1.57. The molecule has 0 saturated carbocycles. The van der Waals surface area contributed by atoms with Crippen molar-refractivity contribution >= 4 is 27.9 Å². The Bertz CT molecular complexity index is 1140. The highest BCUT2D eigenvalue weighted by atomic mass is 16.1. The molecule has 0 aliphatic heterocycles. The molecule has 0 bridgehead atoms. The van der Waals surface area contributed by atoms with Gasteiger partial charge in [0.05, 0.1) is 21.9 Å². The van der Waals surface area contributed by atoms with Crippen molar-refractivity contribution in [3.05, 3.63) is 52.6 Å². The molecule has 0 fully saturated rings. The van der Waals surface area contributed by atoms with E-state index >= 15 is 0 Å². The maximum absolute atomic E-state index is 12.5. The highest BCUT2D eigenvalue weighted by Gasteiger charge is 2.09. The number of anilines is 1. The van der Waals surface area contributed by atoms with Gasteiger partial charge in [0.25, 0.3) is 5.56 Å². The van der Waals surface area contributed by atoms with Gasteiger partial charge in [0.1, 0.15) is 5.82 Å². The highest BCUT2D eigenvalue weighted by Crippen LogP contribution is 2.26. The molecule has 0 atom stereocenters. The summed E-state index contributed by atoms with van der Waals surface area (Å²) in [7, 11) is 3.57. The molecule has 4 aromatic rings. The minimum absolute atomic E-state index is 0.0283. The molecule has 0 unspecified atom stereocenters. The Labute approximate surface area is 138 Å². The van der Waals surface area contributed by atoms with Gasteiger partial charge in [0.2, 0.25) is 5.95 Å². The molecular weight excluding hydrogens is 302 g/mol. The van der Waals surface area contributed by atoms with Crippen molar-refractivity contribution in [2.75, 3.05) is 12.4 Å². The van der Waals surface area contributed by atoms with Crippen LogP contribution in [-0.2, 0) is 7.05 Å². The lowest BCUT2D eigenvalue weighted by Crippen LogP contribution is -2.20. The molecule has 4 rings (SSSR count). The zero-order chi connectivity index (χ0) is 16.8. The summed E-state index contributed by atoms with van der Waals surface area (Å²) in [5.41, 5.74) is 4.55. The van der Waals surface area contributed by atoms with Crippen LogP contribution in [0.25, 0.3) is 33.1 Å². The van der Waals surface area contributed by atoms with Crippen molar-refractivity contribution in [1.29, 1.82) is 0 Å². The number of aromatic nitrogens is 4. The first-order valence-electron chi connectivity index (χ1n) is 7.72. The van der Waals surface area contributed by atoms with Gasteiger partial charge in [0.15, 0.2) is 0 Å². The van der Waals surface area contributed by atoms with E-state index in [1.165, 1.54) is 0 Å². The molecule has 0 saturated heterocycles. The first-order valence-corrected chi connectivity index (χ1v) is 7.72. The Kier molecular flexibility index (Phi) is 3.13. The van der Waals surface area contributed by atoms with E-state index in [9.17, 15) is 4.79 Å². The van der Waals surface area contributed by atoms with E-state index in [4.69, 9.17) is 0 Å². The van der Waals surface area contributed by atoms with Gasteiger partial charge in [-0.2, -0.15) is 0 Å². The topological polar surface area (TPSA) is 75.6 Å². The summed E-state index contributed by atoms with van der Waals surface area (Å²) in [5.74, 6) is 1.44. The Hall–Kier alpha value is -3.15. The average molecular weight is 319 g/mol. The van der Waals surface area contributed by atoms with Crippen LogP contribution in [-0.4, -0.2) is 26.6 Å². The predicted molar refractivity (Wildman–Crippen MR) is 96.4 cm³/mol. The Morgan fingerprint density at radius 1 is 1.04 bits per heavy atom. The molecule has 0 spiro atoms. The third-order valence-electron chi connectivity index (χ3n) is 4.35. The predicted octanol–water partition coefficient (Wildman–Crippen LogP) is 2.83. The number of aryl methyl sites for hydroxylation is 1. The molecule has 120 valence electrons. The van der Waals surface area contributed by atoms with Crippen LogP contribution in [0.2, 0.25) is 0 Å². The van der Waals surface area contributed by atoms with E-state index in [-0.39, 0.29) is 5.56 Å². The number of hydrogen-bond donors (Lipinski definition) is 2. The average Bonchev–Trinajstić information content (AvgIpc) is 3.02. The fourth-order valence-corrected chi connectivity index (χ4v) is 2.87. The second kappa shape index (κ2) is 5.19. The first-order chi connectivity index (χ1) is 11.6. The number of nitrogens with one attached hydrogen (secondary N) is 2. The van der Waals surface area contributed by atoms with Crippen molar-refractivity contribution < 1.29 is 0 Å². The monoisotopic (exact) mass is 319 g/mol. The number of nitrogens with zero attached hydrogens (tertiary/aromatic N) is 3. The quantitative estimate of drug-likeness (QED) is 0.596. The first kappa shape index (κ1) is 14.4.